The second-order valence-electron chi connectivity index (χ2n) is 6.87. The van der Waals surface area contributed by atoms with Gasteiger partial charge in [-0.1, -0.05) is 23.2 Å². The lowest BCUT2D eigenvalue weighted by Gasteiger charge is -2.35. The Kier molecular flexibility index (Phi) is 7.26. The number of nitrogens with zero attached hydrogens (tertiary/aromatic N) is 2. The van der Waals surface area contributed by atoms with Crippen LogP contribution in [0, 0.1) is 0 Å². The van der Waals surface area contributed by atoms with Crippen molar-refractivity contribution in [3.8, 4) is 5.75 Å². The zero-order valence-corrected chi connectivity index (χ0v) is 19.0. The first-order valence-corrected chi connectivity index (χ1v) is 11.6. The SMILES string of the molecule is CNS(=O)(=O)c1ccc(Cl)c(C(=O)N2CCN(Cc3cc(Cl)ccc3OC)CC2)c1. The van der Waals surface area contributed by atoms with Crippen LogP contribution in [0.25, 0.3) is 0 Å². The fourth-order valence-corrected chi connectivity index (χ4v) is 4.49. The number of halogens is 2. The number of piperazine rings is 1. The molecule has 0 atom stereocenters. The van der Waals surface area contributed by atoms with Crippen molar-refractivity contribution in [2.24, 2.45) is 0 Å². The maximum Gasteiger partial charge on any atom is 0.255 e. The summed E-state index contributed by atoms with van der Waals surface area (Å²) in [6, 6.07) is 9.63. The van der Waals surface area contributed by atoms with Crippen LogP contribution in [-0.4, -0.2) is 64.5 Å². The molecule has 7 nitrogen and oxygen atoms in total. The van der Waals surface area contributed by atoms with E-state index in [1.165, 1.54) is 25.2 Å². The summed E-state index contributed by atoms with van der Waals surface area (Å²) < 4.78 is 31.7. The summed E-state index contributed by atoms with van der Waals surface area (Å²) in [5, 5.41) is 0.867. The zero-order chi connectivity index (χ0) is 21.9. The third-order valence-corrected chi connectivity index (χ3v) is 7.02. The number of ether oxygens (including phenoxy) is 1. The van der Waals surface area contributed by atoms with Gasteiger partial charge in [-0.3, -0.25) is 9.69 Å². The lowest BCUT2D eigenvalue weighted by Crippen LogP contribution is -2.48. The molecule has 2 aromatic carbocycles. The second kappa shape index (κ2) is 9.53. The molecule has 1 N–H and O–H groups in total. The van der Waals surface area contributed by atoms with E-state index in [4.69, 9.17) is 27.9 Å². The molecule has 0 radical (unpaired) electrons. The number of rotatable bonds is 6. The number of hydrogen-bond donors (Lipinski definition) is 1. The van der Waals surface area contributed by atoms with Gasteiger partial charge < -0.3 is 9.64 Å². The highest BCUT2D eigenvalue weighted by Crippen LogP contribution is 2.26. The van der Waals surface area contributed by atoms with E-state index in [2.05, 4.69) is 9.62 Å². The van der Waals surface area contributed by atoms with Crippen molar-refractivity contribution in [3.63, 3.8) is 0 Å². The van der Waals surface area contributed by atoms with Crippen LogP contribution in [0.3, 0.4) is 0 Å². The highest BCUT2D eigenvalue weighted by Gasteiger charge is 2.25. The Morgan fingerprint density at radius 3 is 2.43 bits per heavy atom. The molecule has 1 amide bonds. The number of benzene rings is 2. The van der Waals surface area contributed by atoms with Gasteiger partial charge in [0.2, 0.25) is 10.0 Å². The highest BCUT2D eigenvalue weighted by atomic mass is 35.5. The molecule has 1 aliphatic heterocycles. The maximum absolute atomic E-state index is 13.0. The van der Waals surface area contributed by atoms with Crippen LogP contribution in [0.5, 0.6) is 5.75 Å². The predicted octanol–water partition coefficient (Wildman–Crippen LogP) is 2.87. The van der Waals surface area contributed by atoms with Crippen molar-refractivity contribution < 1.29 is 17.9 Å². The van der Waals surface area contributed by atoms with Crippen LogP contribution >= 0.6 is 23.2 Å². The number of hydrogen-bond acceptors (Lipinski definition) is 5. The van der Waals surface area contributed by atoms with Crippen molar-refractivity contribution >= 4 is 39.1 Å². The Morgan fingerprint density at radius 2 is 1.80 bits per heavy atom. The summed E-state index contributed by atoms with van der Waals surface area (Å²) in [5.74, 6) is 0.486. The molecule has 162 valence electrons. The fraction of sp³-hybridized carbons (Fsp3) is 0.350. The van der Waals surface area contributed by atoms with Gasteiger partial charge in [0.25, 0.3) is 5.91 Å². The largest absolute Gasteiger partial charge is 0.496 e. The Morgan fingerprint density at radius 1 is 1.10 bits per heavy atom. The molecule has 3 rings (SSSR count). The minimum absolute atomic E-state index is 0.00411. The smallest absolute Gasteiger partial charge is 0.255 e. The summed E-state index contributed by atoms with van der Waals surface area (Å²) in [5.41, 5.74) is 1.16. The molecule has 0 unspecified atom stereocenters. The van der Waals surface area contributed by atoms with Crippen molar-refractivity contribution in [2.75, 3.05) is 40.3 Å². The van der Waals surface area contributed by atoms with Crippen LogP contribution < -0.4 is 9.46 Å². The van der Waals surface area contributed by atoms with Crippen LogP contribution in [0.2, 0.25) is 10.0 Å². The standard InChI is InChI=1S/C20H23Cl2N3O4S/c1-23-30(27,28)16-4-5-18(22)17(12-16)20(26)25-9-7-24(8-10-25)13-14-11-15(21)3-6-19(14)29-2/h3-6,11-12,23H,7-10,13H2,1-2H3. The minimum Gasteiger partial charge on any atom is -0.496 e. The molecular weight excluding hydrogens is 449 g/mol. The Hall–Kier alpha value is -1.84. The second-order valence-corrected chi connectivity index (χ2v) is 9.60. The van der Waals surface area contributed by atoms with E-state index in [0.29, 0.717) is 37.7 Å². The van der Waals surface area contributed by atoms with E-state index in [0.717, 1.165) is 11.3 Å². The van der Waals surface area contributed by atoms with E-state index in [9.17, 15) is 13.2 Å². The van der Waals surface area contributed by atoms with Gasteiger partial charge in [0.1, 0.15) is 5.75 Å². The quantitative estimate of drug-likeness (QED) is 0.700. The number of nitrogens with one attached hydrogen (secondary N) is 1. The summed E-state index contributed by atoms with van der Waals surface area (Å²) in [4.78, 5) is 16.9. The molecule has 30 heavy (non-hydrogen) atoms. The molecule has 0 bridgehead atoms. The summed E-state index contributed by atoms with van der Waals surface area (Å²) in [7, 11) is -0.726. The van der Waals surface area contributed by atoms with Crippen molar-refractivity contribution in [3.05, 3.63) is 57.6 Å². The van der Waals surface area contributed by atoms with Crippen LogP contribution in [-0.2, 0) is 16.6 Å². The summed E-state index contributed by atoms with van der Waals surface area (Å²) >= 11 is 12.3. The van der Waals surface area contributed by atoms with Crippen molar-refractivity contribution in [2.45, 2.75) is 11.4 Å². The van der Waals surface area contributed by atoms with E-state index in [1.807, 2.05) is 12.1 Å². The number of carbonyl (C=O) groups is 1. The van der Waals surface area contributed by atoms with Gasteiger partial charge in [-0.25, -0.2) is 13.1 Å². The van der Waals surface area contributed by atoms with Crippen LogP contribution in [0.15, 0.2) is 41.3 Å². The third-order valence-electron chi connectivity index (χ3n) is 5.04. The Balaban J connectivity index is 1.69. The average Bonchev–Trinajstić information content (AvgIpc) is 2.74. The molecule has 1 fully saturated rings. The van der Waals surface area contributed by atoms with Crippen LogP contribution in [0.4, 0.5) is 0 Å². The van der Waals surface area contributed by atoms with Gasteiger partial charge in [-0.05, 0) is 43.4 Å². The van der Waals surface area contributed by atoms with Gasteiger partial charge in [-0.2, -0.15) is 0 Å². The van der Waals surface area contributed by atoms with Gasteiger partial charge >= 0.3 is 0 Å². The molecule has 0 aliphatic carbocycles. The molecular formula is C20H23Cl2N3O4S. The number of carbonyl (C=O) groups excluding carboxylic acids is 1. The number of amides is 1. The lowest BCUT2D eigenvalue weighted by atomic mass is 10.1. The Bertz CT molecular complexity index is 1040. The molecule has 1 saturated heterocycles. The summed E-state index contributed by atoms with van der Waals surface area (Å²) in [6.07, 6.45) is 0. The first kappa shape index (κ1) is 22.8. The minimum atomic E-state index is -3.67. The molecule has 10 heteroatoms. The molecule has 0 saturated carbocycles. The first-order chi connectivity index (χ1) is 14.2. The van der Waals surface area contributed by atoms with E-state index in [1.54, 1.807) is 18.1 Å². The molecule has 1 aliphatic rings. The van der Waals surface area contributed by atoms with E-state index in [-0.39, 0.29) is 21.4 Å². The Labute approximate surface area is 186 Å². The summed E-state index contributed by atoms with van der Waals surface area (Å²) in [6.45, 7) is 2.98. The molecule has 0 spiro atoms. The van der Waals surface area contributed by atoms with Crippen molar-refractivity contribution in [1.29, 1.82) is 0 Å². The fourth-order valence-electron chi connectivity index (χ4n) is 3.34. The first-order valence-electron chi connectivity index (χ1n) is 9.32. The van der Waals surface area contributed by atoms with E-state index >= 15 is 0 Å². The van der Waals surface area contributed by atoms with Crippen LogP contribution in [0.1, 0.15) is 15.9 Å². The van der Waals surface area contributed by atoms with Gasteiger partial charge in [0.05, 0.1) is 22.6 Å². The van der Waals surface area contributed by atoms with Gasteiger partial charge in [0, 0.05) is 43.3 Å². The van der Waals surface area contributed by atoms with Gasteiger partial charge in [0.15, 0.2) is 0 Å². The highest BCUT2D eigenvalue weighted by molar-refractivity contribution is 7.89. The number of sulfonamides is 1. The molecule has 1 heterocycles. The third kappa shape index (κ3) is 5.07. The predicted molar refractivity (Wildman–Crippen MR) is 117 cm³/mol. The topological polar surface area (TPSA) is 79.0 Å². The van der Waals surface area contributed by atoms with Gasteiger partial charge in [-0.15, -0.1) is 0 Å². The van der Waals surface area contributed by atoms with E-state index < -0.39 is 10.0 Å². The normalized spacial score (nSPS) is 15.3. The monoisotopic (exact) mass is 471 g/mol. The van der Waals surface area contributed by atoms with Crippen molar-refractivity contribution in [1.82, 2.24) is 14.5 Å². The number of methoxy groups -OCH3 is 1. The average molecular weight is 472 g/mol. The maximum atomic E-state index is 13.0. The lowest BCUT2D eigenvalue weighted by molar-refractivity contribution is 0.0627. The molecule has 0 aromatic heterocycles. The zero-order valence-electron chi connectivity index (χ0n) is 16.7. The molecule has 2 aromatic rings.